The molecular weight excluding hydrogens is 324 g/mol. The number of halogens is 1. The Balaban J connectivity index is 1.48. The zero-order valence-corrected chi connectivity index (χ0v) is 14.4. The molecule has 0 radical (unpaired) electrons. The number of aromatic nitrogens is 1. The number of pyridine rings is 1. The first kappa shape index (κ1) is 16.6. The van der Waals surface area contributed by atoms with E-state index in [9.17, 15) is 4.79 Å². The fraction of sp³-hybridized carbons (Fsp3) is 0.333. The van der Waals surface area contributed by atoms with Crippen LogP contribution in [0.15, 0.2) is 42.6 Å². The fourth-order valence-corrected chi connectivity index (χ4v) is 3.07. The molecule has 6 heteroatoms. The first-order chi connectivity index (χ1) is 11.6. The van der Waals surface area contributed by atoms with Gasteiger partial charge in [-0.1, -0.05) is 23.7 Å². The molecular formula is C18H21ClN4O. The highest BCUT2D eigenvalue weighted by Crippen LogP contribution is 2.23. The SMILES string of the molecule is Cc1cccnc1CNC(=O)N[C@@H]1CCN(c2cccc(Cl)c2)C1. The molecule has 2 heterocycles. The lowest BCUT2D eigenvalue weighted by Crippen LogP contribution is -2.43. The topological polar surface area (TPSA) is 57.3 Å². The fourth-order valence-electron chi connectivity index (χ4n) is 2.89. The number of hydrogen-bond acceptors (Lipinski definition) is 3. The summed E-state index contributed by atoms with van der Waals surface area (Å²) in [4.78, 5) is 18.6. The summed E-state index contributed by atoms with van der Waals surface area (Å²) in [5, 5.41) is 6.64. The molecule has 126 valence electrons. The number of anilines is 1. The van der Waals surface area contributed by atoms with Gasteiger partial charge in [0.2, 0.25) is 0 Å². The number of benzene rings is 1. The third-order valence-corrected chi connectivity index (χ3v) is 4.47. The van der Waals surface area contributed by atoms with E-state index in [-0.39, 0.29) is 12.1 Å². The number of rotatable bonds is 4. The van der Waals surface area contributed by atoms with E-state index in [1.165, 1.54) is 0 Å². The molecule has 0 saturated carbocycles. The average Bonchev–Trinajstić information content (AvgIpc) is 3.02. The molecule has 5 nitrogen and oxygen atoms in total. The Labute approximate surface area is 147 Å². The van der Waals surface area contributed by atoms with Crippen molar-refractivity contribution >= 4 is 23.3 Å². The number of hydrogen-bond donors (Lipinski definition) is 2. The van der Waals surface area contributed by atoms with Crippen LogP contribution in [0.3, 0.4) is 0 Å². The van der Waals surface area contributed by atoms with Crippen LogP contribution in [0.2, 0.25) is 5.02 Å². The maximum atomic E-state index is 12.1. The largest absolute Gasteiger partial charge is 0.369 e. The summed E-state index contributed by atoms with van der Waals surface area (Å²) in [5.74, 6) is 0. The normalized spacial score (nSPS) is 16.9. The maximum Gasteiger partial charge on any atom is 0.315 e. The third-order valence-electron chi connectivity index (χ3n) is 4.23. The van der Waals surface area contributed by atoms with Gasteiger partial charge in [0.05, 0.1) is 12.2 Å². The Kier molecular flexibility index (Phi) is 5.20. The van der Waals surface area contributed by atoms with Crippen LogP contribution >= 0.6 is 11.6 Å². The molecule has 1 atom stereocenters. The van der Waals surface area contributed by atoms with E-state index in [1.54, 1.807) is 6.20 Å². The van der Waals surface area contributed by atoms with Crippen molar-refractivity contribution in [3.05, 3.63) is 58.9 Å². The summed E-state index contributed by atoms with van der Waals surface area (Å²) >= 11 is 6.04. The van der Waals surface area contributed by atoms with Gasteiger partial charge in [-0.25, -0.2) is 4.79 Å². The molecule has 1 aliphatic rings. The number of aryl methyl sites for hydroxylation is 1. The van der Waals surface area contributed by atoms with Gasteiger partial charge < -0.3 is 15.5 Å². The summed E-state index contributed by atoms with van der Waals surface area (Å²) in [5.41, 5.74) is 3.06. The molecule has 0 aliphatic carbocycles. The highest BCUT2D eigenvalue weighted by molar-refractivity contribution is 6.30. The minimum Gasteiger partial charge on any atom is -0.369 e. The number of nitrogens with zero attached hydrogens (tertiary/aromatic N) is 2. The van der Waals surface area contributed by atoms with Crippen LogP contribution < -0.4 is 15.5 Å². The van der Waals surface area contributed by atoms with E-state index < -0.39 is 0 Å². The standard InChI is InChI=1S/C18H21ClN4O/c1-13-4-3-8-20-17(13)11-21-18(24)22-15-7-9-23(12-15)16-6-2-5-14(19)10-16/h2-6,8,10,15H,7,9,11-12H2,1H3,(H2,21,22,24)/t15-/m1/s1. The number of nitrogens with one attached hydrogen (secondary N) is 2. The summed E-state index contributed by atoms with van der Waals surface area (Å²) in [6.45, 7) is 4.12. The van der Waals surface area contributed by atoms with Crippen molar-refractivity contribution in [3.8, 4) is 0 Å². The minimum atomic E-state index is -0.155. The number of carbonyl (C=O) groups excluding carboxylic acids is 1. The van der Waals surface area contributed by atoms with E-state index in [2.05, 4.69) is 20.5 Å². The van der Waals surface area contributed by atoms with Gasteiger partial charge in [-0.15, -0.1) is 0 Å². The van der Waals surface area contributed by atoms with Gasteiger partial charge in [-0.2, -0.15) is 0 Å². The molecule has 0 spiro atoms. The molecule has 2 amide bonds. The van der Waals surface area contributed by atoms with Gasteiger partial charge in [0.15, 0.2) is 0 Å². The monoisotopic (exact) mass is 344 g/mol. The van der Waals surface area contributed by atoms with E-state index >= 15 is 0 Å². The second-order valence-corrected chi connectivity index (χ2v) is 6.44. The van der Waals surface area contributed by atoms with Crippen LogP contribution in [-0.2, 0) is 6.54 Å². The van der Waals surface area contributed by atoms with E-state index in [0.29, 0.717) is 6.54 Å². The van der Waals surface area contributed by atoms with Crippen LogP contribution in [0.5, 0.6) is 0 Å². The molecule has 1 aromatic carbocycles. The van der Waals surface area contributed by atoms with Crippen LogP contribution in [0, 0.1) is 6.92 Å². The number of amides is 2. The van der Waals surface area contributed by atoms with Gasteiger partial charge in [-0.05, 0) is 43.2 Å². The summed E-state index contributed by atoms with van der Waals surface area (Å²) in [7, 11) is 0. The highest BCUT2D eigenvalue weighted by Gasteiger charge is 2.24. The lowest BCUT2D eigenvalue weighted by molar-refractivity contribution is 0.237. The van der Waals surface area contributed by atoms with Gasteiger partial charge in [0.1, 0.15) is 0 Å². The Hall–Kier alpha value is -2.27. The number of carbonyl (C=O) groups is 1. The van der Waals surface area contributed by atoms with Crippen LogP contribution in [0.1, 0.15) is 17.7 Å². The van der Waals surface area contributed by atoms with Gasteiger partial charge >= 0.3 is 6.03 Å². The minimum absolute atomic E-state index is 0.133. The number of urea groups is 1. The average molecular weight is 345 g/mol. The van der Waals surface area contributed by atoms with Gasteiger partial charge in [0, 0.05) is 36.0 Å². The zero-order chi connectivity index (χ0) is 16.9. The molecule has 1 fully saturated rings. The molecule has 2 N–H and O–H groups in total. The molecule has 0 bridgehead atoms. The zero-order valence-electron chi connectivity index (χ0n) is 13.6. The third kappa shape index (κ3) is 4.17. The summed E-state index contributed by atoms with van der Waals surface area (Å²) in [6.07, 6.45) is 2.66. The van der Waals surface area contributed by atoms with Gasteiger partial charge in [-0.3, -0.25) is 4.98 Å². The Morgan fingerprint density at radius 3 is 3.04 bits per heavy atom. The Bertz CT molecular complexity index is 722. The predicted octanol–water partition coefficient (Wildman–Crippen LogP) is 3.12. The smallest absolute Gasteiger partial charge is 0.315 e. The highest BCUT2D eigenvalue weighted by atomic mass is 35.5. The molecule has 1 aliphatic heterocycles. The molecule has 0 unspecified atom stereocenters. The maximum absolute atomic E-state index is 12.1. The Morgan fingerprint density at radius 1 is 1.38 bits per heavy atom. The first-order valence-electron chi connectivity index (χ1n) is 8.07. The molecule has 24 heavy (non-hydrogen) atoms. The Morgan fingerprint density at radius 2 is 2.25 bits per heavy atom. The van der Waals surface area contributed by atoms with Crippen molar-refractivity contribution in [3.63, 3.8) is 0 Å². The van der Waals surface area contributed by atoms with E-state index in [1.807, 2.05) is 43.3 Å². The summed E-state index contributed by atoms with van der Waals surface area (Å²) < 4.78 is 0. The first-order valence-corrected chi connectivity index (χ1v) is 8.45. The van der Waals surface area contributed by atoms with Crippen molar-refractivity contribution in [2.24, 2.45) is 0 Å². The van der Waals surface area contributed by atoms with Crippen molar-refractivity contribution in [2.45, 2.75) is 25.9 Å². The van der Waals surface area contributed by atoms with Gasteiger partial charge in [0.25, 0.3) is 0 Å². The molecule has 2 aromatic rings. The van der Waals surface area contributed by atoms with E-state index in [0.717, 1.165) is 41.5 Å². The lowest BCUT2D eigenvalue weighted by atomic mass is 10.2. The van der Waals surface area contributed by atoms with Crippen molar-refractivity contribution in [1.29, 1.82) is 0 Å². The summed E-state index contributed by atoms with van der Waals surface area (Å²) in [6, 6.07) is 11.7. The van der Waals surface area contributed by atoms with Crippen molar-refractivity contribution in [2.75, 3.05) is 18.0 Å². The van der Waals surface area contributed by atoms with Crippen LogP contribution in [0.25, 0.3) is 0 Å². The van der Waals surface area contributed by atoms with Crippen molar-refractivity contribution < 1.29 is 4.79 Å². The second-order valence-electron chi connectivity index (χ2n) is 6.01. The predicted molar refractivity (Wildman–Crippen MR) is 96.4 cm³/mol. The molecule has 3 rings (SSSR count). The molecule has 1 aromatic heterocycles. The molecule has 1 saturated heterocycles. The van der Waals surface area contributed by atoms with Crippen LogP contribution in [0.4, 0.5) is 10.5 Å². The van der Waals surface area contributed by atoms with E-state index in [4.69, 9.17) is 11.6 Å². The quantitative estimate of drug-likeness (QED) is 0.896. The lowest BCUT2D eigenvalue weighted by Gasteiger charge is -2.19. The van der Waals surface area contributed by atoms with Crippen molar-refractivity contribution in [1.82, 2.24) is 15.6 Å². The second kappa shape index (κ2) is 7.53. The van der Waals surface area contributed by atoms with Crippen LogP contribution in [-0.4, -0.2) is 30.1 Å².